The molecule has 0 aromatic rings. The van der Waals surface area contributed by atoms with E-state index >= 15 is 0 Å². The van der Waals surface area contributed by atoms with Crippen molar-refractivity contribution in [1.82, 2.24) is 0 Å². The number of esters is 3. The summed E-state index contributed by atoms with van der Waals surface area (Å²) in [7, 11) is -9.87. The SMILES string of the molecule is CCCCC/C=C\C/C=C\C/C=C\C/C=C\CCCC(=O)OC[C@H](COP(=O)(O)OC[C@H](O)COP(=O)(O)OC[C@@H](COC(=O)CCC/C=C\C/C=C\C/C=C\C/C=C\CCCCC)OC(=O)CCC/C=C\C/C=C\C/C=C\C/C=C\CCCCC)OCCCCCCCCC/C=C\CCCCCCC=O. The van der Waals surface area contributed by atoms with Crippen molar-refractivity contribution in [3.63, 3.8) is 0 Å². The van der Waals surface area contributed by atoms with Crippen molar-refractivity contribution in [3.8, 4) is 0 Å². The standard InChI is InChI=1S/C87H144O17P2/c1-4-7-10-13-16-19-22-25-28-31-36-41-46-51-56-61-66-71-85(90)98-78-83(97-75-70-65-60-55-50-45-40-35-34-39-44-49-54-59-64-69-74-88)80-102-105(93,94)100-76-82(89)77-101-106(95,96)103-81-84(104-87(92)73-68-63-58-53-48-43-38-33-30-27-24-21-18-15-12-9-6-3)79-99-86(91)72-67-62-57-52-47-42-37-32-29-26-23-20-17-14-11-8-5-2/h16-21,25-30,34,36-39,41-43,51-53,56-58,74,82-84,89H,4-15,22-24,31-33,35,40,44-50,54-55,59-73,75-81H2,1-3H3,(H,93,94)(H,95,96)/b19-16-,20-17-,21-18-,28-25-,29-26-,30-27-,39-34-,41-36-,42-37-,43-38-,56-51-,57-52-,58-53-/t82-,83+,84+/m0/s1. The third-order valence-corrected chi connectivity index (χ3v) is 18.4. The molecule has 0 aromatic carbocycles. The first kappa shape index (κ1) is 101. The van der Waals surface area contributed by atoms with Gasteiger partial charge in [0.25, 0.3) is 0 Å². The molecule has 0 rings (SSSR count). The van der Waals surface area contributed by atoms with E-state index in [1.807, 2.05) is 30.4 Å². The number of carbonyl (C=O) groups is 4. The Balaban J connectivity index is 5.46. The Kier molecular flexibility index (Phi) is 75.5. The molecule has 0 aromatic heterocycles. The van der Waals surface area contributed by atoms with Crippen LogP contribution in [0.15, 0.2) is 158 Å². The van der Waals surface area contributed by atoms with E-state index in [1.54, 1.807) is 0 Å². The number of carbonyl (C=O) groups excluding carboxylic acids is 4. The van der Waals surface area contributed by atoms with Gasteiger partial charge >= 0.3 is 33.6 Å². The molecule has 17 nitrogen and oxygen atoms in total. The Morgan fingerprint density at radius 2 is 0.557 bits per heavy atom. The number of ether oxygens (including phenoxy) is 4. The lowest BCUT2D eigenvalue weighted by atomic mass is 10.1. The zero-order valence-corrected chi connectivity index (χ0v) is 67.6. The molecule has 0 fully saturated rings. The molecule has 0 aliphatic heterocycles. The average molecular weight is 1520 g/mol. The van der Waals surface area contributed by atoms with Gasteiger partial charge in [0, 0.05) is 32.3 Å². The van der Waals surface area contributed by atoms with Gasteiger partial charge in [-0.15, -0.1) is 0 Å². The minimum Gasteiger partial charge on any atom is -0.463 e. The van der Waals surface area contributed by atoms with Gasteiger partial charge in [0.2, 0.25) is 0 Å². The molecule has 0 saturated carbocycles. The van der Waals surface area contributed by atoms with Gasteiger partial charge in [-0.3, -0.25) is 32.5 Å². The minimum absolute atomic E-state index is 0.0127. The van der Waals surface area contributed by atoms with Crippen molar-refractivity contribution < 1.29 is 80.2 Å². The Labute approximate surface area is 642 Å². The van der Waals surface area contributed by atoms with Gasteiger partial charge in [0.15, 0.2) is 6.10 Å². The van der Waals surface area contributed by atoms with Gasteiger partial charge in [0.1, 0.15) is 31.7 Å². The van der Waals surface area contributed by atoms with Crippen LogP contribution in [0.3, 0.4) is 0 Å². The number of aldehydes is 1. The molecular weight excluding hydrogens is 1380 g/mol. The quantitative estimate of drug-likeness (QED) is 0.0128. The van der Waals surface area contributed by atoms with Crippen molar-refractivity contribution in [2.75, 3.05) is 46.2 Å². The lowest BCUT2D eigenvalue weighted by molar-refractivity contribution is -0.161. The molecule has 0 aliphatic rings. The predicted octanol–water partition coefficient (Wildman–Crippen LogP) is 23.7. The topological polar surface area (TPSA) is 237 Å². The van der Waals surface area contributed by atoms with E-state index in [9.17, 15) is 43.2 Å². The summed E-state index contributed by atoms with van der Waals surface area (Å²) in [6.45, 7) is 3.23. The molecular formula is C87H144O17P2. The molecule has 5 atom stereocenters. The first-order valence-electron chi connectivity index (χ1n) is 40.7. The molecule has 2 unspecified atom stereocenters. The fourth-order valence-corrected chi connectivity index (χ4v) is 11.8. The highest BCUT2D eigenvalue weighted by molar-refractivity contribution is 7.47. The number of aliphatic hydroxyl groups is 1. The number of rotatable bonds is 77. The lowest BCUT2D eigenvalue weighted by Gasteiger charge is -2.21. The van der Waals surface area contributed by atoms with Crippen LogP contribution in [0.4, 0.5) is 0 Å². The fourth-order valence-electron chi connectivity index (χ4n) is 10.2. The first-order valence-corrected chi connectivity index (χ1v) is 43.7. The highest BCUT2D eigenvalue weighted by atomic mass is 31.2. The van der Waals surface area contributed by atoms with Crippen molar-refractivity contribution in [2.45, 2.75) is 322 Å². The Hall–Kier alpha value is -5.16. The summed E-state index contributed by atoms with van der Waals surface area (Å²) in [6, 6.07) is 0. The van der Waals surface area contributed by atoms with E-state index in [0.717, 1.165) is 160 Å². The van der Waals surface area contributed by atoms with Gasteiger partial charge in [0.05, 0.1) is 26.4 Å². The maximum Gasteiger partial charge on any atom is 0.472 e. The van der Waals surface area contributed by atoms with E-state index in [1.165, 1.54) is 57.8 Å². The lowest BCUT2D eigenvalue weighted by Crippen LogP contribution is -2.30. The average Bonchev–Trinajstić information content (AvgIpc) is 0.907. The molecule has 19 heteroatoms. The van der Waals surface area contributed by atoms with E-state index in [0.29, 0.717) is 51.4 Å². The first-order chi connectivity index (χ1) is 51.8. The van der Waals surface area contributed by atoms with Crippen LogP contribution in [-0.2, 0) is 65.4 Å². The van der Waals surface area contributed by atoms with Crippen LogP contribution >= 0.6 is 15.6 Å². The van der Waals surface area contributed by atoms with Crippen LogP contribution in [0, 0.1) is 0 Å². The van der Waals surface area contributed by atoms with E-state index < -0.39 is 84.9 Å². The smallest absolute Gasteiger partial charge is 0.463 e. The maximum absolute atomic E-state index is 13.1. The Morgan fingerprint density at radius 3 is 0.896 bits per heavy atom. The van der Waals surface area contributed by atoms with Gasteiger partial charge in [-0.1, -0.05) is 262 Å². The van der Waals surface area contributed by atoms with Crippen molar-refractivity contribution in [2.24, 2.45) is 0 Å². The molecule has 0 saturated heterocycles. The van der Waals surface area contributed by atoms with Gasteiger partial charge in [-0.25, -0.2) is 9.13 Å². The molecule has 0 heterocycles. The van der Waals surface area contributed by atoms with Gasteiger partial charge in [-0.2, -0.15) is 0 Å². The van der Waals surface area contributed by atoms with Crippen LogP contribution in [0.1, 0.15) is 303 Å². The van der Waals surface area contributed by atoms with Crippen molar-refractivity contribution >= 4 is 39.8 Å². The highest BCUT2D eigenvalue weighted by Crippen LogP contribution is 2.45. The number of hydrogen-bond acceptors (Lipinski definition) is 15. The molecule has 604 valence electrons. The third kappa shape index (κ3) is 78.4. The highest BCUT2D eigenvalue weighted by Gasteiger charge is 2.30. The van der Waals surface area contributed by atoms with Crippen LogP contribution in [0.25, 0.3) is 0 Å². The molecule has 0 radical (unpaired) electrons. The second-order valence-corrected chi connectivity index (χ2v) is 29.5. The molecule has 106 heavy (non-hydrogen) atoms. The summed E-state index contributed by atoms with van der Waals surface area (Å²) in [5.41, 5.74) is 0. The molecule has 3 N–H and O–H groups in total. The third-order valence-electron chi connectivity index (χ3n) is 16.5. The summed E-state index contributed by atoms with van der Waals surface area (Å²) >= 11 is 0. The summed E-state index contributed by atoms with van der Waals surface area (Å²) in [5, 5.41) is 10.7. The molecule has 0 bridgehead atoms. The number of unbranched alkanes of at least 4 members (excludes halogenated alkanes) is 24. The second kappa shape index (κ2) is 79.4. The Morgan fingerprint density at radius 1 is 0.302 bits per heavy atom. The number of aliphatic hydroxyl groups excluding tert-OH is 1. The van der Waals surface area contributed by atoms with Crippen molar-refractivity contribution in [3.05, 3.63) is 158 Å². The zero-order chi connectivity index (χ0) is 77.3. The second-order valence-electron chi connectivity index (χ2n) is 26.6. The van der Waals surface area contributed by atoms with Crippen LogP contribution in [0.5, 0.6) is 0 Å². The van der Waals surface area contributed by atoms with Crippen LogP contribution < -0.4 is 0 Å². The Bertz CT molecular complexity index is 2590. The fraction of sp³-hybridized carbons (Fsp3) is 0.655. The maximum atomic E-state index is 13.1. The van der Waals surface area contributed by atoms with Gasteiger partial charge < -0.3 is 38.6 Å². The zero-order valence-electron chi connectivity index (χ0n) is 65.8. The minimum atomic E-state index is -4.98. The molecule has 0 spiro atoms. The summed E-state index contributed by atoms with van der Waals surface area (Å²) in [5.74, 6) is -1.65. The summed E-state index contributed by atoms with van der Waals surface area (Å²) < 4.78 is 69.2. The molecule has 0 amide bonds. The number of phosphoric ester groups is 2. The monoisotopic (exact) mass is 1520 g/mol. The van der Waals surface area contributed by atoms with Gasteiger partial charge in [-0.05, 0) is 173 Å². The summed E-state index contributed by atoms with van der Waals surface area (Å²) in [4.78, 5) is 70.5. The number of phosphoric acid groups is 2. The predicted molar refractivity (Wildman–Crippen MR) is 436 cm³/mol. The number of hydrogen-bond donors (Lipinski definition) is 3. The van der Waals surface area contributed by atoms with Crippen molar-refractivity contribution in [1.29, 1.82) is 0 Å². The largest absolute Gasteiger partial charge is 0.472 e. The summed E-state index contributed by atoms with van der Waals surface area (Å²) in [6.07, 6.45) is 93.1. The van der Waals surface area contributed by atoms with E-state index in [2.05, 4.69) is 148 Å². The molecule has 0 aliphatic carbocycles. The van der Waals surface area contributed by atoms with E-state index in [-0.39, 0.29) is 32.5 Å². The van der Waals surface area contributed by atoms with Crippen LogP contribution in [0.2, 0.25) is 0 Å². The normalized spacial score (nSPS) is 14.7. The van der Waals surface area contributed by atoms with E-state index in [4.69, 9.17) is 37.0 Å². The number of allylic oxidation sites excluding steroid dienone is 26. The van der Waals surface area contributed by atoms with Crippen LogP contribution in [-0.4, -0.2) is 104 Å².